The molecule has 0 aromatic heterocycles. The number of rotatable bonds is 7. The molecule has 0 bridgehead atoms. The summed E-state index contributed by atoms with van der Waals surface area (Å²) in [6, 6.07) is 6.60. The molecule has 3 amide bonds. The van der Waals surface area contributed by atoms with Crippen molar-refractivity contribution in [3.8, 4) is 0 Å². The lowest BCUT2D eigenvalue weighted by Crippen LogP contribution is -2.54. The molecule has 1 aromatic rings. The zero-order chi connectivity index (χ0) is 19.1. The minimum absolute atomic E-state index is 0.0278. The van der Waals surface area contributed by atoms with Crippen molar-refractivity contribution in [2.75, 3.05) is 18.8 Å². The summed E-state index contributed by atoms with van der Waals surface area (Å²) in [5, 5.41) is 14.1. The van der Waals surface area contributed by atoms with E-state index in [2.05, 4.69) is 23.3 Å². The highest BCUT2D eigenvalue weighted by Gasteiger charge is 2.37. The number of thiol groups is 1. The molecule has 1 aliphatic rings. The number of benzene rings is 1. The molecule has 0 aliphatic carbocycles. The Labute approximate surface area is 156 Å². The first-order valence-corrected chi connectivity index (χ1v) is 8.84. The number of carbonyl (C=O) groups excluding carboxylic acids is 3. The van der Waals surface area contributed by atoms with Gasteiger partial charge in [0, 0.05) is 17.9 Å². The van der Waals surface area contributed by atoms with Gasteiger partial charge >= 0.3 is 5.97 Å². The van der Waals surface area contributed by atoms with Gasteiger partial charge in [-0.1, -0.05) is 18.2 Å². The Bertz CT molecular complexity index is 682. The third kappa shape index (κ3) is 4.98. The summed E-state index contributed by atoms with van der Waals surface area (Å²) in [4.78, 5) is 48.9. The molecule has 3 N–H and O–H groups in total. The van der Waals surface area contributed by atoms with E-state index < -0.39 is 35.8 Å². The van der Waals surface area contributed by atoms with Crippen molar-refractivity contribution in [1.29, 1.82) is 0 Å². The SMILES string of the molecule is O=C(CNC(=O)c1ccccc1)N[C@@H](CS)C(=O)N1CCC[C@H]1C(=O)O. The molecule has 1 aromatic carbocycles. The van der Waals surface area contributed by atoms with Crippen molar-refractivity contribution < 1.29 is 24.3 Å². The first kappa shape index (κ1) is 19.8. The highest BCUT2D eigenvalue weighted by Crippen LogP contribution is 2.18. The molecule has 2 rings (SSSR count). The van der Waals surface area contributed by atoms with Gasteiger partial charge in [-0.05, 0) is 25.0 Å². The van der Waals surface area contributed by atoms with Gasteiger partial charge in [0.1, 0.15) is 12.1 Å². The van der Waals surface area contributed by atoms with Crippen molar-refractivity contribution >= 4 is 36.3 Å². The van der Waals surface area contributed by atoms with Gasteiger partial charge in [-0.15, -0.1) is 0 Å². The Morgan fingerprint density at radius 2 is 1.92 bits per heavy atom. The number of carbonyl (C=O) groups is 4. The van der Waals surface area contributed by atoms with E-state index in [-0.39, 0.29) is 12.3 Å². The smallest absolute Gasteiger partial charge is 0.326 e. The zero-order valence-electron chi connectivity index (χ0n) is 14.1. The van der Waals surface area contributed by atoms with Crippen LogP contribution in [-0.4, -0.2) is 64.6 Å². The van der Waals surface area contributed by atoms with Crippen LogP contribution in [0.3, 0.4) is 0 Å². The third-order valence-corrected chi connectivity index (χ3v) is 4.45. The van der Waals surface area contributed by atoms with Crippen LogP contribution in [0, 0.1) is 0 Å². The number of hydrogen-bond donors (Lipinski definition) is 4. The maximum Gasteiger partial charge on any atom is 0.326 e. The van der Waals surface area contributed by atoms with Crippen LogP contribution in [0.2, 0.25) is 0 Å². The Balaban J connectivity index is 1.88. The van der Waals surface area contributed by atoms with E-state index in [4.69, 9.17) is 0 Å². The predicted octanol–water partition coefficient (Wildman–Crippen LogP) is -0.0934. The van der Waals surface area contributed by atoms with Crippen LogP contribution in [0.1, 0.15) is 23.2 Å². The molecular weight excluding hydrogens is 358 g/mol. The number of nitrogens with zero attached hydrogens (tertiary/aromatic N) is 1. The minimum Gasteiger partial charge on any atom is -0.480 e. The molecule has 1 fully saturated rings. The predicted molar refractivity (Wildman–Crippen MR) is 96.9 cm³/mol. The van der Waals surface area contributed by atoms with Crippen LogP contribution in [0.15, 0.2) is 30.3 Å². The lowest BCUT2D eigenvalue weighted by molar-refractivity contribution is -0.149. The summed E-state index contributed by atoms with van der Waals surface area (Å²) < 4.78 is 0. The number of likely N-dealkylation sites (tertiary alicyclic amines) is 1. The second kappa shape index (κ2) is 9.23. The summed E-state index contributed by atoms with van der Waals surface area (Å²) in [6.45, 7) is 0.0360. The fourth-order valence-electron chi connectivity index (χ4n) is 2.77. The van der Waals surface area contributed by atoms with E-state index in [0.717, 1.165) is 0 Å². The Hall–Kier alpha value is -2.55. The molecule has 0 radical (unpaired) electrons. The molecule has 2 atom stereocenters. The largest absolute Gasteiger partial charge is 0.480 e. The molecule has 0 saturated carbocycles. The summed E-state index contributed by atoms with van der Waals surface area (Å²) >= 11 is 4.07. The van der Waals surface area contributed by atoms with E-state index in [1.165, 1.54) is 4.90 Å². The van der Waals surface area contributed by atoms with Gasteiger partial charge in [0.2, 0.25) is 11.8 Å². The van der Waals surface area contributed by atoms with Crippen LogP contribution in [0.5, 0.6) is 0 Å². The van der Waals surface area contributed by atoms with Crippen molar-refractivity contribution in [3.63, 3.8) is 0 Å². The third-order valence-electron chi connectivity index (χ3n) is 4.08. The van der Waals surface area contributed by atoms with Crippen molar-refractivity contribution in [2.45, 2.75) is 24.9 Å². The van der Waals surface area contributed by atoms with E-state index in [1.54, 1.807) is 30.3 Å². The molecule has 9 heteroatoms. The number of nitrogens with one attached hydrogen (secondary N) is 2. The monoisotopic (exact) mass is 379 g/mol. The van der Waals surface area contributed by atoms with Crippen LogP contribution in [-0.2, 0) is 14.4 Å². The molecule has 1 saturated heterocycles. The number of carboxylic acids is 1. The summed E-state index contributed by atoms with van der Waals surface area (Å²) in [6.07, 6.45) is 0.991. The van der Waals surface area contributed by atoms with Gasteiger partial charge in [0.15, 0.2) is 0 Å². The van der Waals surface area contributed by atoms with Gasteiger partial charge in [-0.25, -0.2) is 4.79 Å². The van der Waals surface area contributed by atoms with E-state index in [1.807, 2.05) is 0 Å². The second-order valence-electron chi connectivity index (χ2n) is 5.88. The van der Waals surface area contributed by atoms with Gasteiger partial charge < -0.3 is 20.6 Å². The van der Waals surface area contributed by atoms with Crippen LogP contribution in [0.25, 0.3) is 0 Å². The van der Waals surface area contributed by atoms with E-state index in [0.29, 0.717) is 24.9 Å². The number of hydrogen-bond acceptors (Lipinski definition) is 5. The van der Waals surface area contributed by atoms with Gasteiger partial charge in [-0.2, -0.15) is 12.6 Å². The maximum atomic E-state index is 12.5. The van der Waals surface area contributed by atoms with Crippen molar-refractivity contribution in [3.05, 3.63) is 35.9 Å². The van der Waals surface area contributed by atoms with Crippen molar-refractivity contribution in [1.82, 2.24) is 15.5 Å². The van der Waals surface area contributed by atoms with Crippen LogP contribution >= 0.6 is 12.6 Å². The fraction of sp³-hybridized carbons (Fsp3) is 0.412. The highest BCUT2D eigenvalue weighted by atomic mass is 32.1. The standard InChI is InChI=1S/C17H21N3O5S/c21-14(9-18-15(22)11-5-2-1-3-6-11)19-12(10-26)16(23)20-8-4-7-13(20)17(24)25/h1-3,5-6,12-13,26H,4,7-10H2,(H,18,22)(H,19,21)(H,24,25)/t12-,13-/m0/s1. The minimum atomic E-state index is -1.06. The average Bonchev–Trinajstić information content (AvgIpc) is 3.14. The first-order chi connectivity index (χ1) is 12.4. The van der Waals surface area contributed by atoms with Crippen LogP contribution in [0.4, 0.5) is 0 Å². The molecule has 26 heavy (non-hydrogen) atoms. The Morgan fingerprint density at radius 1 is 1.23 bits per heavy atom. The quantitative estimate of drug-likeness (QED) is 0.494. The normalized spacial score (nSPS) is 17.4. The van der Waals surface area contributed by atoms with E-state index in [9.17, 15) is 24.3 Å². The average molecular weight is 379 g/mol. The van der Waals surface area contributed by atoms with Crippen molar-refractivity contribution in [2.24, 2.45) is 0 Å². The van der Waals surface area contributed by atoms with E-state index >= 15 is 0 Å². The topological polar surface area (TPSA) is 116 Å². The molecule has 140 valence electrons. The summed E-state index contributed by atoms with van der Waals surface area (Å²) in [5.74, 6) is -2.46. The molecule has 1 heterocycles. The molecular formula is C17H21N3O5S. The maximum absolute atomic E-state index is 12.5. The van der Waals surface area contributed by atoms with Gasteiger partial charge in [-0.3, -0.25) is 14.4 Å². The Morgan fingerprint density at radius 3 is 2.54 bits per heavy atom. The number of amides is 3. The molecule has 0 unspecified atom stereocenters. The number of aliphatic carboxylic acids is 1. The molecule has 8 nitrogen and oxygen atoms in total. The summed E-state index contributed by atoms with van der Waals surface area (Å²) in [7, 11) is 0. The first-order valence-electron chi connectivity index (χ1n) is 8.20. The molecule has 1 aliphatic heterocycles. The lowest BCUT2D eigenvalue weighted by atomic mass is 10.2. The molecule has 0 spiro atoms. The zero-order valence-corrected chi connectivity index (χ0v) is 14.9. The second-order valence-corrected chi connectivity index (χ2v) is 6.24. The highest BCUT2D eigenvalue weighted by molar-refractivity contribution is 7.80. The summed E-state index contributed by atoms with van der Waals surface area (Å²) in [5.41, 5.74) is 0.420. The van der Waals surface area contributed by atoms with Gasteiger partial charge in [0.25, 0.3) is 5.91 Å². The number of carboxylic acid groups (broad SMARTS) is 1. The fourth-order valence-corrected chi connectivity index (χ4v) is 3.02. The Kier molecular flexibility index (Phi) is 7.02. The lowest BCUT2D eigenvalue weighted by Gasteiger charge is -2.26. The van der Waals surface area contributed by atoms with Gasteiger partial charge in [0.05, 0.1) is 6.54 Å². The van der Waals surface area contributed by atoms with Crippen LogP contribution < -0.4 is 10.6 Å².